The number of nitriles is 1. The van der Waals surface area contributed by atoms with E-state index in [0.717, 1.165) is 24.5 Å². The van der Waals surface area contributed by atoms with E-state index in [2.05, 4.69) is 18.7 Å². The van der Waals surface area contributed by atoms with Gasteiger partial charge in [-0.15, -0.1) is 0 Å². The highest BCUT2D eigenvalue weighted by Gasteiger charge is 2.27. The first-order valence-corrected chi connectivity index (χ1v) is 6.59. The second-order valence-corrected chi connectivity index (χ2v) is 6.61. The minimum absolute atomic E-state index is 0.111. The topological polar surface area (TPSA) is 27.0 Å². The molecular formula is C13H15FN2S. The number of hydrogen-bond acceptors (Lipinski definition) is 3. The van der Waals surface area contributed by atoms with Crippen LogP contribution in [0.2, 0.25) is 0 Å². The SMILES string of the molecule is CC1(C)CN(c2ccc(C#N)c(F)c2)CCS1. The quantitative estimate of drug-likeness (QED) is 0.766. The van der Waals surface area contributed by atoms with E-state index in [1.54, 1.807) is 6.07 Å². The number of thioether (sulfide) groups is 1. The van der Waals surface area contributed by atoms with Gasteiger partial charge < -0.3 is 4.90 Å². The van der Waals surface area contributed by atoms with Crippen LogP contribution in [0.15, 0.2) is 18.2 Å². The Labute approximate surface area is 105 Å². The van der Waals surface area contributed by atoms with Gasteiger partial charge in [-0.25, -0.2) is 4.39 Å². The number of nitrogens with zero attached hydrogens (tertiary/aromatic N) is 2. The largest absolute Gasteiger partial charge is 0.369 e. The van der Waals surface area contributed by atoms with Gasteiger partial charge >= 0.3 is 0 Å². The Hall–Kier alpha value is -1.21. The van der Waals surface area contributed by atoms with Crippen LogP contribution in [-0.2, 0) is 0 Å². The number of benzene rings is 1. The maximum absolute atomic E-state index is 13.5. The molecule has 0 aliphatic carbocycles. The van der Waals surface area contributed by atoms with E-state index in [9.17, 15) is 4.39 Å². The predicted molar refractivity (Wildman–Crippen MR) is 69.9 cm³/mol. The van der Waals surface area contributed by atoms with Crippen LogP contribution in [-0.4, -0.2) is 23.6 Å². The van der Waals surface area contributed by atoms with Crippen molar-refractivity contribution in [2.45, 2.75) is 18.6 Å². The molecule has 0 radical (unpaired) electrons. The van der Waals surface area contributed by atoms with Gasteiger partial charge in [-0.2, -0.15) is 17.0 Å². The van der Waals surface area contributed by atoms with Crippen LogP contribution < -0.4 is 4.90 Å². The molecule has 0 bridgehead atoms. The number of halogens is 1. The van der Waals surface area contributed by atoms with Gasteiger partial charge in [0.1, 0.15) is 11.9 Å². The van der Waals surface area contributed by atoms with Gasteiger partial charge in [-0.3, -0.25) is 0 Å². The summed E-state index contributed by atoms with van der Waals surface area (Å²) >= 11 is 1.94. The van der Waals surface area contributed by atoms with Crippen molar-refractivity contribution in [3.05, 3.63) is 29.6 Å². The van der Waals surface area contributed by atoms with E-state index in [4.69, 9.17) is 5.26 Å². The van der Waals surface area contributed by atoms with E-state index in [1.807, 2.05) is 23.9 Å². The lowest BCUT2D eigenvalue weighted by molar-refractivity contribution is 0.616. The molecule has 17 heavy (non-hydrogen) atoms. The molecule has 0 N–H and O–H groups in total. The van der Waals surface area contributed by atoms with Crippen molar-refractivity contribution < 1.29 is 4.39 Å². The molecule has 0 amide bonds. The highest BCUT2D eigenvalue weighted by atomic mass is 32.2. The summed E-state index contributed by atoms with van der Waals surface area (Å²) in [5, 5.41) is 8.70. The average Bonchev–Trinajstić information content (AvgIpc) is 2.27. The molecule has 0 saturated carbocycles. The van der Waals surface area contributed by atoms with Gasteiger partial charge in [0.25, 0.3) is 0 Å². The van der Waals surface area contributed by atoms with E-state index in [1.165, 1.54) is 6.07 Å². The molecule has 1 fully saturated rings. The molecule has 1 aliphatic heterocycles. The van der Waals surface area contributed by atoms with Crippen molar-refractivity contribution in [2.24, 2.45) is 0 Å². The summed E-state index contributed by atoms with van der Waals surface area (Å²) < 4.78 is 13.7. The molecule has 1 aromatic carbocycles. The fourth-order valence-corrected chi connectivity index (χ4v) is 3.14. The Morgan fingerprint density at radius 1 is 1.47 bits per heavy atom. The van der Waals surface area contributed by atoms with Crippen LogP contribution in [0.3, 0.4) is 0 Å². The first-order valence-electron chi connectivity index (χ1n) is 5.60. The summed E-state index contributed by atoms with van der Waals surface area (Å²) in [7, 11) is 0. The summed E-state index contributed by atoms with van der Waals surface area (Å²) in [5.74, 6) is 0.621. The van der Waals surface area contributed by atoms with E-state index >= 15 is 0 Å². The highest BCUT2D eigenvalue weighted by Crippen LogP contribution is 2.32. The second-order valence-electron chi connectivity index (χ2n) is 4.81. The van der Waals surface area contributed by atoms with Crippen molar-refractivity contribution in [3.8, 4) is 6.07 Å². The second kappa shape index (κ2) is 4.58. The smallest absolute Gasteiger partial charge is 0.143 e. The molecule has 0 aromatic heterocycles. The van der Waals surface area contributed by atoms with Crippen molar-refractivity contribution in [3.63, 3.8) is 0 Å². The molecule has 1 heterocycles. The molecule has 1 saturated heterocycles. The zero-order chi connectivity index (χ0) is 12.5. The Morgan fingerprint density at radius 2 is 2.24 bits per heavy atom. The molecule has 2 nitrogen and oxygen atoms in total. The van der Waals surface area contributed by atoms with Crippen molar-refractivity contribution in [1.82, 2.24) is 0 Å². The Morgan fingerprint density at radius 3 is 2.82 bits per heavy atom. The van der Waals surface area contributed by atoms with Gasteiger partial charge in [0, 0.05) is 29.3 Å². The van der Waals surface area contributed by atoms with Crippen LogP contribution in [0.1, 0.15) is 19.4 Å². The Kier molecular flexibility index (Phi) is 3.30. The third kappa shape index (κ3) is 2.73. The summed E-state index contributed by atoms with van der Waals surface area (Å²) in [6, 6.07) is 6.69. The number of rotatable bonds is 1. The average molecular weight is 250 g/mol. The lowest BCUT2D eigenvalue weighted by Gasteiger charge is -2.39. The van der Waals surface area contributed by atoms with Gasteiger partial charge in [-0.05, 0) is 32.0 Å². The molecule has 1 aromatic rings. The molecule has 4 heteroatoms. The standard InChI is InChI=1S/C13H15FN2S/c1-13(2)9-16(5-6-17-13)11-4-3-10(8-15)12(14)7-11/h3-4,7H,5-6,9H2,1-2H3. The van der Waals surface area contributed by atoms with E-state index in [-0.39, 0.29) is 10.3 Å². The van der Waals surface area contributed by atoms with Gasteiger partial charge in [0.05, 0.1) is 5.56 Å². The minimum atomic E-state index is -0.430. The first kappa shape index (κ1) is 12.3. The lowest BCUT2D eigenvalue weighted by atomic mass is 10.1. The molecule has 2 rings (SSSR count). The number of anilines is 1. The predicted octanol–water partition coefficient (Wildman–Crippen LogP) is 3.03. The molecular weight excluding hydrogens is 235 g/mol. The normalized spacial score (nSPS) is 18.8. The summed E-state index contributed by atoms with van der Waals surface area (Å²) in [6.07, 6.45) is 0. The van der Waals surface area contributed by atoms with Crippen LogP contribution >= 0.6 is 11.8 Å². The molecule has 1 aliphatic rings. The van der Waals surface area contributed by atoms with Crippen LogP contribution in [0, 0.1) is 17.1 Å². The van der Waals surface area contributed by atoms with E-state index < -0.39 is 5.82 Å². The number of hydrogen-bond donors (Lipinski definition) is 0. The highest BCUT2D eigenvalue weighted by molar-refractivity contribution is 8.00. The monoisotopic (exact) mass is 250 g/mol. The summed E-state index contributed by atoms with van der Waals surface area (Å²) in [4.78, 5) is 2.18. The molecule has 0 spiro atoms. The Balaban J connectivity index is 2.23. The van der Waals surface area contributed by atoms with Crippen molar-refractivity contribution in [1.29, 1.82) is 5.26 Å². The fourth-order valence-electron chi connectivity index (χ4n) is 2.03. The van der Waals surface area contributed by atoms with Crippen LogP contribution in [0.25, 0.3) is 0 Å². The zero-order valence-electron chi connectivity index (χ0n) is 10.0. The maximum atomic E-state index is 13.5. The zero-order valence-corrected chi connectivity index (χ0v) is 10.9. The molecule has 0 unspecified atom stereocenters. The third-order valence-electron chi connectivity index (χ3n) is 2.86. The lowest BCUT2D eigenvalue weighted by Crippen LogP contribution is -2.43. The van der Waals surface area contributed by atoms with Crippen LogP contribution in [0.5, 0.6) is 0 Å². The van der Waals surface area contributed by atoms with Gasteiger partial charge in [0.2, 0.25) is 0 Å². The fraction of sp³-hybridized carbons (Fsp3) is 0.462. The van der Waals surface area contributed by atoms with E-state index in [0.29, 0.717) is 0 Å². The molecule has 0 atom stereocenters. The van der Waals surface area contributed by atoms with Crippen molar-refractivity contribution >= 4 is 17.4 Å². The molecule has 90 valence electrons. The minimum Gasteiger partial charge on any atom is -0.369 e. The van der Waals surface area contributed by atoms with Gasteiger partial charge in [-0.1, -0.05) is 0 Å². The summed E-state index contributed by atoms with van der Waals surface area (Å²) in [6.45, 7) is 6.23. The third-order valence-corrected chi connectivity index (χ3v) is 4.16. The van der Waals surface area contributed by atoms with Gasteiger partial charge in [0.15, 0.2) is 0 Å². The van der Waals surface area contributed by atoms with Crippen molar-refractivity contribution in [2.75, 3.05) is 23.7 Å². The first-order chi connectivity index (χ1) is 8.02. The summed E-state index contributed by atoms with van der Waals surface area (Å²) in [5.41, 5.74) is 0.981. The Bertz CT molecular complexity index is 465. The maximum Gasteiger partial charge on any atom is 0.143 e. The van der Waals surface area contributed by atoms with Crippen LogP contribution in [0.4, 0.5) is 10.1 Å².